The van der Waals surface area contributed by atoms with Crippen molar-refractivity contribution in [1.29, 1.82) is 0 Å². The van der Waals surface area contributed by atoms with E-state index in [4.69, 9.17) is 0 Å². The maximum absolute atomic E-state index is 2.48. The van der Waals surface area contributed by atoms with Gasteiger partial charge in [0.1, 0.15) is 8.07 Å². The Balaban J connectivity index is 0.00000272. The Kier molecular flexibility index (Phi) is 13.3. The van der Waals surface area contributed by atoms with Crippen molar-refractivity contribution >= 4 is 28.8 Å². The van der Waals surface area contributed by atoms with Crippen molar-refractivity contribution in [2.45, 2.75) is 40.5 Å². The number of halogens is 3. The van der Waals surface area contributed by atoms with Crippen LogP contribution in [0.25, 0.3) is 0 Å². The first-order valence-electron chi connectivity index (χ1n) is 10.9. The standard InChI is InChI=1S/C29H31Si.3ClH.Ti/c1-21(2)25-15-16-29(20-25)30(26-12-6-9-22(3)17-26,27-13-7-10-23(4)18-27)28-14-8-11-24(5)19-28;;;;/h6-21H,1-5H3;3*1H;/q-1;;;;+4/p-3. The summed E-state index contributed by atoms with van der Waals surface area (Å²) in [6.07, 6.45) is 0. The molecule has 0 fully saturated rings. The molecule has 4 aromatic rings. The van der Waals surface area contributed by atoms with E-state index in [1.54, 1.807) is 0 Å². The van der Waals surface area contributed by atoms with Crippen LogP contribution in [0.1, 0.15) is 42.0 Å². The van der Waals surface area contributed by atoms with Gasteiger partial charge >= 0.3 is 21.7 Å². The second kappa shape index (κ2) is 13.8. The van der Waals surface area contributed by atoms with Crippen LogP contribution >= 0.6 is 0 Å². The third-order valence-electron chi connectivity index (χ3n) is 6.23. The van der Waals surface area contributed by atoms with Crippen LogP contribution in [0, 0.1) is 20.8 Å². The maximum Gasteiger partial charge on any atom is 4.00 e. The molecule has 0 spiro atoms. The average molecular weight is 562 g/mol. The van der Waals surface area contributed by atoms with Gasteiger partial charge in [-0.05, 0) is 20.8 Å². The fraction of sp³-hybridized carbons (Fsp3) is 0.207. The molecule has 0 amide bonds. The van der Waals surface area contributed by atoms with E-state index in [1.807, 2.05) is 0 Å². The molecule has 0 radical (unpaired) electrons. The van der Waals surface area contributed by atoms with Crippen LogP contribution in [0.3, 0.4) is 0 Å². The summed E-state index contributed by atoms with van der Waals surface area (Å²) < 4.78 is 0. The summed E-state index contributed by atoms with van der Waals surface area (Å²) in [5, 5.41) is 5.85. The summed E-state index contributed by atoms with van der Waals surface area (Å²) >= 11 is 0. The van der Waals surface area contributed by atoms with Crippen molar-refractivity contribution in [2.75, 3.05) is 0 Å². The number of rotatable bonds is 5. The van der Waals surface area contributed by atoms with Crippen molar-refractivity contribution in [2.24, 2.45) is 0 Å². The Morgan fingerprint density at radius 2 is 1.00 bits per heavy atom. The third-order valence-corrected chi connectivity index (χ3v) is 10.9. The summed E-state index contributed by atoms with van der Waals surface area (Å²) in [4.78, 5) is 0. The minimum atomic E-state index is -2.42. The van der Waals surface area contributed by atoms with Crippen LogP contribution in [0.5, 0.6) is 0 Å². The molecule has 0 aromatic heterocycles. The first kappa shape index (κ1) is 32.8. The van der Waals surface area contributed by atoms with Crippen LogP contribution in [0.4, 0.5) is 0 Å². The van der Waals surface area contributed by atoms with Gasteiger partial charge in [0, 0.05) is 0 Å². The van der Waals surface area contributed by atoms with Crippen LogP contribution in [-0.2, 0) is 21.7 Å². The first-order valence-corrected chi connectivity index (χ1v) is 12.9. The van der Waals surface area contributed by atoms with Gasteiger partial charge in [-0.15, -0.1) is 5.19 Å². The molecule has 4 rings (SSSR count). The number of benzene rings is 3. The monoisotopic (exact) mass is 560 g/mol. The molecule has 0 saturated heterocycles. The van der Waals surface area contributed by atoms with Gasteiger partial charge in [0.2, 0.25) is 0 Å². The van der Waals surface area contributed by atoms with Crippen molar-refractivity contribution in [1.82, 2.24) is 0 Å². The van der Waals surface area contributed by atoms with Crippen molar-refractivity contribution in [3.8, 4) is 0 Å². The maximum atomic E-state index is 2.48. The zero-order chi connectivity index (χ0) is 21.3. The van der Waals surface area contributed by atoms with E-state index in [0.29, 0.717) is 5.92 Å². The third kappa shape index (κ3) is 6.32. The van der Waals surface area contributed by atoms with E-state index < -0.39 is 8.07 Å². The Morgan fingerprint density at radius 1 is 0.618 bits per heavy atom. The molecule has 0 saturated carbocycles. The molecule has 34 heavy (non-hydrogen) atoms. The van der Waals surface area contributed by atoms with Gasteiger partial charge in [-0.1, -0.05) is 125 Å². The van der Waals surface area contributed by atoms with Gasteiger partial charge in [0.25, 0.3) is 0 Å². The quantitative estimate of drug-likeness (QED) is 0.132. The zero-order valence-electron chi connectivity index (χ0n) is 20.4. The van der Waals surface area contributed by atoms with Gasteiger partial charge in [0.15, 0.2) is 0 Å². The minimum absolute atomic E-state index is 0. The number of hydrogen-bond donors (Lipinski definition) is 0. The first-order chi connectivity index (χ1) is 14.4. The van der Waals surface area contributed by atoms with Gasteiger partial charge in [-0.3, -0.25) is 0 Å². The van der Waals surface area contributed by atoms with E-state index in [0.717, 1.165) is 0 Å². The summed E-state index contributed by atoms with van der Waals surface area (Å²) in [5.41, 5.74) is 5.38. The Labute approximate surface area is 240 Å². The van der Waals surface area contributed by atoms with E-state index >= 15 is 0 Å². The van der Waals surface area contributed by atoms with Crippen LogP contribution in [0.15, 0.2) is 91.0 Å². The topological polar surface area (TPSA) is 0 Å². The molecule has 0 heterocycles. The van der Waals surface area contributed by atoms with Crippen molar-refractivity contribution < 1.29 is 58.9 Å². The van der Waals surface area contributed by atoms with E-state index in [9.17, 15) is 0 Å². The second-order valence-corrected chi connectivity index (χ2v) is 12.8. The predicted molar refractivity (Wildman–Crippen MR) is 134 cm³/mol. The van der Waals surface area contributed by atoms with Crippen LogP contribution in [0.2, 0.25) is 0 Å². The summed E-state index contributed by atoms with van der Waals surface area (Å²) in [6.45, 7) is 11.2. The smallest absolute Gasteiger partial charge is 1.00 e. The van der Waals surface area contributed by atoms with Crippen molar-refractivity contribution in [3.05, 3.63) is 113 Å². The van der Waals surface area contributed by atoms with Gasteiger partial charge in [-0.2, -0.15) is 17.7 Å². The molecule has 176 valence electrons. The Morgan fingerprint density at radius 3 is 1.29 bits per heavy atom. The fourth-order valence-electron chi connectivity index (χ4n) is 4.69. The zero-order valence-corrected chi connectivity index (χ0v) is 25.2. The van der Waals surface area contributed by atoms with E-state index in [1.165, 1.54) is 43.0 Å². The average Bonchev–Trinajstić information content (AvgIpc) is 3.20. The number of hydrogen-bond acceptors (Lipinski definition) is 0. The van der Waals surface area contributed by atoms with E-state index in [-0.39, 0.29) is 58.9 Å². The molecular formula is C29H31Cl3SiTi. The Hall–Kier alpha value is -1.19. The molecule has 0 bridgehead atoms. The van der Waals surface area contributed by atoms with Gasteiger partial charge in [0.05, 0.1) is 0 Å². The summed E-state index contributed by atoms with van der Waals surface area (Å²) in [6, 6.07) is 34.8. The number of aryl methyl sites for hydroxylation is 3. The predicted octanol–water partition coefficient (Wildman–Crippen LogP) is -4.16. The largest absolute Gasteiger partial charge is 4.00 e. The van der Waals surface area contributed by atoms with E-state index in [2.05, 4.69) is 126 Å². The molecule has 0 atom stereocenters. The molecule has 5 heteroatoms. The van der Waals surface area contributed by atoms with Gasteiger partial charge in [-0.25, -0.2) is 6.07 Å². The minimum Gasteiger partial charge on any atom is -1.00 e. The molecule has 0 aliphatic rings. The van der Waals surface area contributed by atoms with Crippen molar-refractivity contribution in [3.63, 3.8) is 0 Å². The molecule has 4 aromatic carbocycles. The normalized spacial score (nSPS) is 10.4. The van der Waals surface area contributed by atoms with Gasteiger partial charge < -0.3 is 37.2 Å². The second-order valence-electron chi connectivity index (χ2n) is 8.95. The fourth-order valence-corrected chi connectivity index (χ4v) is 9.78. The summed E-state index contributed by atoms with van der Waals surface area (Å²) in [5.74, 6) is 0.526. The molecule has 0 nitrogen and oxygen atoms in total. The molecule has 0 aliphatic carbocycles. The van der Waals surface area contributed by atoms with Crippen LogP contribution < -0.4 is 58.0 Å². The molecule has 0 N–H and O–H groups in total. The molecule has 0 aliphatic heterocycles. The Bertz CT molecular complexity index is 1070. The van der Waals surface area contributed by atoms with Crippen LogP contribution in [-0.4, -0.2) is 8.07 Å². The molecule has 0 unspecified atom stereocenters. The molecular weight excluding hydrogens is 531 g/mol. The SMILES string of the molecule is Cc1cccc([Si](c2cccc(C)c2)(c2cccc(C)c2)[c-]2ccc(C(C)C)c2)c1.[Cl-].[Cl-].[Cl-].[Ti+4]. The summed E-state index contributed by atoms with van der Waals surface area (Å²) in [7, 11) is -2.42.